The zero-order valence-electron chi connectivity index (χ0n) is 12.6. The summed E-state index contributed by atoms with van der Waals surface area (Å²) in [5.41, 5.74) is 0.644. The number of benzene rings is 1. The molecule has 2 N–H and O–H groups in total. The molecule has 0 spiro atoms. The summed E-state index contributed by atoms with van der Waals surface area (Å²) >= 11 is 0. The Hall–Kier alpha value is -2.25. The summed E-state index contributed by atoms with van der Waals surface area (Å²) in [7, 11) is 2.95. The van der Waals surface area contributed by atoms with Crippen molar-refractivity contribution < 1.29 is 34.0 Å². The van der Waals surface area contributed by atoms with Gasteiger partial charge in [-0.05, 0) is 23.8 Å². The van der Waals surface area contributed by atoms with Crippen LogP contribution in [0.15, 0.2) is 18.2 Å². The highest BCUT2D eigenvalue weighted by molar-refractivity contribution is 5.87. The summed E-state index contributed by atoms with van der Waals surface area (Å²) < 4.78 is 20.6. The van der Waals surface area contributed by atoms with E-state index in [1.165, 1.54) is 26.4 Å². The van der Waals surface area contributed by atoms with Crippen LogP contribution < -0.4 is 14.2 Å². The number of hydrogen-bond acceptors (Lipinski definition) is 7. The lowest BCUT2D eigenvalue weighted by Gasteiger charge is -2.14. The monoisotopic (exact) mass is 312 g/mol. The molecule has 0 unspecified atom stereocenters. The molecular weight excluding hydrogens is 292 g/mol. The van der Waals surface area contributed by atoms with E-state index in [0.717, 1.165) is 0 Å². The third kappa shape index (κ3) is 5.27. The van der Waals surface area contributed by atoms with E-state index >= 15 is 0 Å². The van der Waals surface area contributed by atoms with Crippen molar-refractivity contribution in [2.45, 2.75) is 0 Å². The van der Waals surface area contributed by atoms with Crippen LogP contribution in [-0.2, 0) is 9.53 Å². The van der Waals surface area contributed by atoms with Gasteiger partial charge in [0.05, 0.1) is 27.4 Å². The van der Waals surface area contributed by atoms with Crippen LogP contribution in [0, 0.1) is 0 Å². The van der Waals surface area contributed by atoms with Crippen LogP contribution in [0.1, 0.15) is 5.56 Å². The summed E-state index contributed by atoms with van der Waals surface area (Å²) in [5, 5.41) is 17.4. The average Bonchev–Trinajstić information content (AvgIpc) is 2.55. The zero-order valence-corrected chi connectivity index (χ0v) is 12.6. The molecule has 0 atom stereocenters. The molecule has 0 aliphatic heterocycles. The van der Waals surface area contributed by atoms with Crippen molar-refractivity contribution in [3.05, 3.63) is 23.8 Å². The number of hydrogen-bond donors (Lipinski definition) is 2. The first-order chi connectivity index (χ1) is 10.7. The normalized spacial score (nSPS) is 10.5. The minimum absolute atomic E-state index is 0.0518. The first-order valence-corrected chi connectivity index (χ1v) is 6.61. The van der Waals surface area contributed by atoms with Gasteiger partial charge >= 0.3 is 5.97 Å². The van der Waals surface area contributed by atoms with Gasteiger partial charge in [0, 0.05) is 6.08 Å². The molecule has 0 amide bonds. The van der Waals surface area contributed by atoms with Crippen LogP contribution in [0.2, 0.25) is 0 Å². The fraction of sp³-hybridized carbons (Fsp3) is 0.400. The molecule has 7 nitrogen and oxygen atoms in total. The summed E-state index contributed by atoms with van der Waals surface area (Å²) in [5.74, 6) is 0.638. The van der Waals surface area contributed by atoms with Crippen molar-refractivity contribution in [2.24, 2.45) is 0 Å². The number of ether oxygens (including phenoxy) is 4. The van der Waals surface area contributed by atoms with Crippen molar-refractivity contribution in [3.63, 3.8) is 0 Å². The van der Waals surface area contributed by atoms with Crippen LogP contribution in [0.5, 0.6) is 17.2 Å². The maximum Gasteiger partial charge on any atom is 0.330 e. The molecule has 0 saturated carbocycles. The third-order valence-electron chi connectivity index (χ3n) is 2.57. The Labute approximate surface area is 128 Å². The molecule has 0 aromatic heterocycles. The van der Waals surface area contributed by atoms with E-state index in [2.05, 4.69) is 0 Å². The predicted molar refractivity (Wildman–Crippen MR) is 79.2 cm³/mol. The maximum absolute atomic E-state index is 11.4. The molecule has 0 saturated heterocycles. The van der Waals surface area contributed by atoms with E-state index in [0.29, 0.717) is 22.8 Å². The molecule has 0 radical (unpaired) electrons. The van der Waals surface area contributed by atoms with Gasteiger partial charge < -0.3 is 29.2 Å². The average molecular weight is 312 g/mol. The largest absolute Gasteiger partial charge is 0.493 e. The number of carbonyl (C=O) groups excluding carboxylic acids is 1. The fourth-order valence-corrected chi connectivity index (χ4v) is 1.64. The van der Waals surface area contributed by atoms with E-state index in [1.807, 2.05) is 0 Å². The topological polar surface area (TPSA) is 94.5 Å². The number of aliphatic hydroxyl groups is 2. The number of carbonyl (C=O) groups is 1. The number of esters is 1. The Kier molecular flexibility index (Phi) is 7.80. The van der Waals surface area contributed by atoms with E-state index in [-0.39, 0.29) is 26.4 Å². The van der Waals surface area contributed by atoms with Gasteiger partial charge in [-0.3, -0.25) is 0 Å². The van der Waals surface area contributed by atoms with Crippen LogP contribution in [-0.4, -0.2) is 56.8 Å². The van der Waals surface area contributed by atoms with Crippen molar-refractivity contribution >= 4 is 12.0 Å². The quantitative estimate of drug-likeness (QED) is 0.510. The Morgan fingerprint density at radius 3 is 2.18 bits per heavy atom. The van der Waals surface area contributed by atoms with Crippen molar-refractivity contribution in [1.29, 1.82) is 0 Å². The highest BCUT2D eigenvalue weighted by atomic mass is 16.5. The van der Waals surface area contributed by atoms with E-state index < -0.39 is 5.97 Å². The molecule has 1 rings (SSSR count). The summed E-state index contributed by atoms with van der Waals surface area (Å²) in [6, 6.07) is 3.32. The first kappa shape index (κ1) is 17.8. The van der Waals surface area contributed by atoms with Gasteiger partial charge in [-0.1, -0.05) is 0 Å². The molecule has 7 heteroatoms. The lowest BCUT2D eigenvalue weighted by atomic mass is 10.1. The van der Waals surface area contributed by atoms with Gasteiger partial charge in [-0.15, -0.1) is 0 Å². The van der Waals surface area contributed by atoms with Gasteiger partial charge in [0.15, 0.2) is 11.5 Å². The minimum Gasteiger partial charge on any atom is -0.493 e. The van der Waals surface area contributed by atoms with Gasteiger partial charge in [0.1, 0.15) is 13.2 Å². The SMILES string of the molecule is COc1cc(/C=C/C(=O)OCCO)cc(OC)c1OCCO. The van der Waals surface area contributed by atoms with Gasteiger partial charge in [-0.2, -0.15) is 0 Å². The van der Waals surface area contributed by atoms with Gasteiger partial charge in [-0.25, -0.2) is 4.79 Å². The second-order valence-electron chi connectivity index (χ2n) is 4.05. The third-order valence-corrected chi connectivity index (χ3v) is 2.57. The molecule has 1 aromatic rings. The van der Waals surface area contributed by atoms with Crippen molar-refractivity contribution in [1.82, 2.24) is 0 Å². The Bertz CT molecular complexity index is 486. The smallest absolute Gasteiger partial charge is 0.330 e. The predicted octanol–water partition coefficient (Wildman–Crippen LogP) is 0.624. The van der Waals surface area contributed by atoms with Crippen molar-refractivity contribution in [3.8, 4) is 17.2 Å². The summed E-state index contributed by atoms with van der Waals surface area (Å²) in [4.78, 5) is 11.4. The second kappa shape index (κ2) is 9.64. The van der Waals surface area contributed by atoms with Gasteiger partial charge in [0.25, 0.3) is 0 Å². The molecule has 1 aromatic carbocycles. The molecule has 0 aliphatic rings. The Morgan fingerprint density at radius 1 is 1.09 bits per heavy atom. The van der Waals surface area contributed by atoms with Crippen molar-refractivity contribution in [2.75, 3.05) is 40.6 Å². The fourth-order valence-electron chi connectivity index (χ4n) is 1.64. The summed E-state index contributed by atoms with van der Waals surface area (Å²) in [6.45, 7) is -0.304. The standard InChI is InChI=1S/C15H20O7/c1-19-12-9-11(3-4-14(18)21-7-5-16)10-13(20-2)15(12)22-8-6-17/h3-4,9-10,16-17H,5-8H2,1-2H3/b4-3+. The van der Waals surface area contributed by atoms with Crippen LogP contribution in [0.25, 0.3) is 6.08 Å². The first-order valence-electron chi connectivity index (χ1n) is 6.61. The molecule has 22 heavy (non-hydrogen) atoms. The number of aliphatic hydroxyl groups excluding tert-OH is 2. The highest BCUT2D eigenvalue weighted by Gasteiger charge is 2.13. The molecule has 0 fully saturated rings. The summed E-state index contributed by atoms with van der Waals surface area (Å²) in [6.07, 6.45) is 2.76. The molecule has 122 valence electrons. The van der Waals surface area contributed by atoms with Crippen LogP contribution in [0.4, 0.5) is 0 Å². The number of rotatable bonds is 9. The second-order valence-corrected chi connectivity index (χ2v) is 4.05. The van der Waals surface area contributed by atoms with Crippen LogP contribution in [0.3, 0.4) is 0 Å². The van der Waals surface area contributed by atoms with Crippen LogP contribution >= 0.6 is 0 Å². The minimum atomic E-state index is -0.562. The van der Waals surface area contributed by atoms with E-state index in [9.17, 15) is 4.79 Å². The van der Waals surface area contributed by atoms with E-state index in [1.54, 1.807) is 12.1 Å². The number of methoxy groups -OCH3 is 2. The molecule has 0 bridgehead atoms. The van der Waals surface area contributed by atoms with Gasteiger partial charge in [0.2, 0.25) is 5.75 Å². The molecule has 0 aliphatic carbocycles. The molecular formula is C15H20O7. The highest BCUT2D eigenvalue weighted by Crippen LogP contribution is 2.38. The Morgan fingerprint density at radius 2 is 1.68 bits per heavy atom. The lowest BCUT2D eigenvalue weighted by Crippen LogP contribution is -2.05. The maximum atomic E-state index is 11.4. The lowest BCUT2D eigenvalue weighted by molar-refractivity contribution is -0.138. The Balaban J connectivity index is 2.97. The zero-order chi connectivity index (χ0) is 16.4. The van der Waals surface area contributed by atoms with E-state index in [4.69, 9.17) is 29.2 Å². The molecule has 0 heterocycles.